The molecule has 0 saturated carbocycles. The smallest absolute Gasteiger partial charge is 0.321 e. The molecule has 0 bridgehead atoms. The lowest BCUT2D eigenvalue weighted by atomic mass is 10.1. The first-order valence-electron chi connectivity index (χ1n) is 8.43. The molecule has 1 unspecified atom stereocenters. The summed E-state index contributed by atoms with van der Waals surface area (Å²) in [6.45, 7) is 0.478. The van der Waals surface area contributed by atoms with Gasteiger partial charge in [-0.25, -0.2) is 4.39 Å². The Bertz CT molecular complexity index is 914. The Morgan fingerprint density at radius 2 is 2.31 bits per heavy atom. The van der Waals surface area contributed by atoms with Gasteiger partial charge in [-0.3, -0.25) is 15.1 Å². The maximum atomic E-state index is 13.3. The number of hydrogen-bond donors (Lipinski definition) is 3. The monoisotopic (exact) mass is 371 g/mol. The number of aliphatic imine (C=N–C) groups is 1. The van der Waals surface area contributed by atoms with Gasteiger partial charge in [-0.15, -0.1) is 11.3 Å². The number of hydrogen-bond acceptors (Lipinski definition) is 5. The number of nitrogens with zero attached hydrogens (tertiary/aromatic N) is 1. The second-order valence-electron chi connectivity index (χ2n) is 6.37. The first kappa shape index (κ1) is 16.9. The molecule has 1 aromatic heterocycles. The number of carboxylic acids is 1. The largest absolute Gasteiger partial charge is 0.480 e. The zero-order chi connectivity index (χ0) is 18.1. The van der Waals surface area contributed by atoms with Crippen LogP contribution in [-0.4, -0.2) is 29.0 Å². The van der Waals surface area contributed by atoms with Crippen LogP contribution < -0.4 is 10.6 Å². The highest BCUT2D eigenvalue weighted by Gasteiger charge is 2.28. The van der Waals surface area contributed by atoms with E-state index in [9.17, 15) is 14.3 Å². The molecule has 1 aromatic carbocycles. The van der Waals surface area contributed by atoms with Crippen LogP contribution in [0.4, 0.5) is 4.39 Å². The van der Waals surface area contributed by atoms with Crippen molar-refractivity contribution in [1.82, 2.24) is 10.6 Å². The van der Waals surface area contributed by atoms with Gasteiger partial charge in [0.25, 0.3) is 0 Å². The SMILES string of the molecule is O=C(O)[C@@H](CC1=NC2CC=C(F)C=C2N1)NCc1cc2ccccc2s1. The third kappa shape index (κ3) is 3.54. The minimum absolute atomic E-state index is 0.124. The molecule has 2 aromatic rings. The van der Waals surface area contributed by atoms with Gasteiger partial charge in [-0.1, -0.05) is 18.2 Å². The van der Waals surface area contributed by atoms with Gasteiger partial charge in [0, 0.05) is 28.2 Å². The number of rotatable bonds is 6. The van der Waals surface area contributed by atoms with Crippen molar-refractivity contribution in [2.24, 2.45) is 4.99 Å². The fraction of sp³-hybridized carbons (Fsp3) is 0.263. The summed E-state index contributed by atoms with van der Waals surface area (Å²) < 4.78 is 14.5. The summed E-state index contributed by atoms with van der Waals surface area (Å²) in [6, 6.07) is 9.27. The molecule has 2 aliphatic rings. The summed E-state index contributed by atoms with van der Waals surface area (Å²) in [5.41, 5.74) is 0.702. The van der Waals surface area contributed by atoms with Crippen LogP contribution in [-0.2, 0) is 11.3 Å². The first-order valence-corrected chi connectivity index (χ1v) is 9.25. The third-order valence-corrected chi connectivity index (χ3v) is 5.60. The van der Waals surface area contributed by atoms with E-state index >= 15 is 0 Å². The number of halogens is 1. The van der Waals surface area contributed by atoms with Crippen LogP contribution in [0.3, 0.4) is 0 Å². The lowest BCUT2D eigenvalue weighted by Gasteiger charge is -2.14. The predicted octanol–water partition coefficient (Wildman–Crippen LogP) is 3.35. The number of amidine groups is 1. The minimum Gasteiger partial charge on any atom is -0.480 e. The van der Waals surface area contributed by atoms with Crippen molar-refractivity contribution in [2.45, 2.75) is 31.5 Å². The average molecular weight is 371 g/mol. The second-order valence-corrected chi connectivity index (χ2v) is 7.54. The van der Waals surface area contributed by atoms with Crippen molar-refractivity contribution in [3.8, 4) is 0 Å². The Balaban J connectivity index is 1.40. The average Bonchev–Trinajstić information content (AvgIpc) is 3.20. The molecule has 1 aliphatic heterocycles. The topological polar surface area (TPSA) is 73.7 Å². The molecule has 0 amide bonds. The Hall–Kier alpha value is -2.51. The molecule has 7 heteroatoms. The van der Waals surface area contributed by atoms with Gasteiger partial charge < -0.3 is 10.4 Å². The fourth-order valence-corrected chi connectivity index (χ4v) is 4.19. The Labute approximate surface area is 153 Å². The van der Waals surface area contributed by atoms with Crippen LogP contribution in [0.1, 0.15) is 17.7 Å². The zero-order valence-corrected chi connectivity index (χ0v) is 14.7. The molecular formula is C19H18FN3O2S. The maximum Gasteiger partial charge on any atom is 0.321 e. The molecule has 0 saturated heterocycles. The van der Waals surface area contributed by atoms with Crippen molar-refractivity contribution >= 4 is 33.2 Å². The molecule has 5 nitrogen and oxygen atoms in total. The fourth-order valence-electron chi connectivity index (χ4n) is 3.18. The van der Waals surface area contributed by atoms with E-state index in [0.717, 1.165) is 10.3 Å². The van der Waals surface area contributed by atoms with Crippen LogP contribution in [0.5, 0.6) is 0 Å². The Morgan fingerprint density at radius 3 is 3.12 bits per heavy atom. The number of nitrogens with one attached hydrogen (secondary N) is 2. The van der Waals surface area contributed by atoms with E-state index in [0.29, 0.717) is 24.5 Å². The number of carboxylic acid groups (broad SMARTS) is 1. The summed E-state index contributed by atoms with van der Waals surface area (Å²) >= 11 is 1.65. The van der Waals surface area contributed by atoms with Gasteiger partial charge in [0.05, 0.1) is 6.04 Å². The van der Waals surface area contributed by atoms with E-state index < -0.39 is 12.0 Å². The summed E-state index contributed by atoms with van der Waals surface area (Å²) in [5, 5.41) is 16.8. The quantitative estimate of drug-likeness (QED) is 0.728. The van der Waals surface area contributed by atoms with Crippen molar-refractivity contribution in [1.29, 1.82) is 0 Å². The van der Waals surface area contributed by atoms with Crippen molar-refractivity contribution in [3.63, 3.8) is 0 Å². The van der Waals surface area contributed by atoms with Gasteiger partial charge in [-0.2, -0.15) is 0 Å². The Kier molecular flexibility index (Phi) is 4.57. The minimum atomic E-state index is -0.927. The lowest BCUT2D eigenvalue weighted by Crippen LogP contribution is -2.39. The van der Waals surface area contributed by atoms with E-state index in [4.69, 9.17) is 0 Å². The zero-order valence-electron chi connectivity index (χ0n) is 13.9. The number of benzene rings is 1. The molecule has 2 heterocycles. The first-order chi connectivity index (χ1) is 12.6. The molecular weight excluding hydrogens is 353 g/mol. The van der Waals surface area contributed by atoms with Crippen LogP contribution in [0.2, 0.25) is 0 Å². The molecule has 0 fully saturated rings. The molecule has 134 valence electrons. The standard InChI is InChI=1S/C19H18FN3O2S/c20-12-5-6-14-15(8-12)23-18(22-14)9-16(19(24)25)21-10-13-7-11-3-1-2-4-17(11)26-13/h1-5,7-8,14,16,21H,6,9-10H2,(H,22,23)(H,24,25)/t14?,16-/m1/s1. The van der Waals surface area contributed by atoms with Gasteiger partial charge in [0.15, 0.2) is 0 Å². The van der Waals surface area contributed by atoms with E-state index in [-0.39, 0.29) is 18.3 Å². The van der Waals surface area contributed by atoms with Crippen LogP contribution >= 0.6 is 11.3 Å². The predicted molar refractivity (Wildman–Crippen MR) is 101 cm³/mol. The number of fused-ring (bicyclic) bond motifs is 2. The molecule has 2 atom stereocenters. The maximum absolute atomic E-state index is 13.3. The number of aliphatic carboxylic acids is 1. The molecule has 26 heavy (non-hydrogen) atoms. The van der Waals surface area contributed by atoms with Gasteiger partial charge >= 0.3 is 5.97 Å². The molecule has 0 spiro atoms. The number of carbonyl (C=O) groups is 1. The molecule has 0 radical (unpaired) electrons. The third-order valence-electron chi connectivity index (χ3n) is 4.48. The van der Waals surface area contributed by atoms with Crippen LogP contribution in [0.15, 0.2) is 59.0 Å². The highest BCUT2D eigenvalue weighted by molar-refractivity contribution is 7.19. The summed E-state index contributed by atoms with van der Waals surface area (Å²) in [6.07, 6.45) is 3.65. The van der Waals surface area contributed by atoms with Crippen LogP contribution in [0.25, 0.3) is 10.1 Å². The van der Waals surface area contributed by atoms with Crippen LogP contribution in [0, 0.1) is 0 Å². The number of allylic oxidation sites excluding steroid dienone is 2. The van der Waals surface area contributed by atoms with Crippen molar-refractivity contribution in [3.05, 3.63) is 58.9 Å². The highest BCUT2D eigenvalue weighted by Crippen LogP contribution is 2.26. The van der Waals surface area contributed by atoms with Gasteiger partial charge in [-0.05, 0) is 36.1 Å². The normalized spacial score (nSPS) is 20.0. The van der Waals surface area contributed by atoms with Gasteiger partial charge in [0.1, 0.15) is 17.7 Å². The summed E-state index contributed by atoms with van der Waals surface area (Å²) in [5.74, 6) is -0.623. The van der Waals surface area contributed by atoms with E-state index in [1.54, 1.807) is 11.3 Å². The van der Waals surface area contributed by atoms with Crippen molar-refractivity contribution < 1.29 is 14.3 Å². The molecule has 3 N–H and O–H groups in total. The lowest BCUT2D eigenvalue weighted by molar-refractivity contribution is -0.139. The Morgan fingerprint density at radius 1 is 1.46 bits per heavy atom. The van der Waals surface area contributed by atoms with E-state index in [1.807, 2.05) is 18.2 Å². The van der Waals surface area contributed by atoms with Gasteiger partial charge in [0.2, 0.25) is 0 Å². The van der Waals surface area contributed by atoms with Crippen molar-refractivity contribution in [2.75, 3.05) is 0 Å². The highest BCUT2D eigenvalue weighted by atomic mass is 32.1. The summed E-state index contributed by atoms with van der Waals surface area (Å²) in [7, 11) is 0. The second kappa shape index (κ2) is 7.01. The van der Waals surface area contributed by atoms with E-state index in [2.05, 4.69) is 27.8 Å². The van der Waals surface area contributed by atoms with E-state index in [1.165, 1.54) is 16.9 Å². The number of thiophene rings is 1. The molecule has 1 aliphatic carbocycles. The summed E-state index contributed by atoms with van der Waals surface area (Å²) in [4.78, 5) is 17.2. The molecule has 4 rings (SSSR count).